The van der Waals surface area contributed by atoms with Crippen LogP contribution >= 0.6 is 15.9 Å². The van der Waals surface area contributed by atoms with Crippen LogP contribution in [-0.4, -0.2) is 32.1 Å². The topological polar surface area (TPSA) is 61.8 Å². The summed E-state index contributed by atoms with van der Waals surface area (Å²) < 4.78 is 16.4. The Kier molecular flexibility index (Phi) is 5.98. The van der Waals surface area contributed by atoms with Gasteiger partial charge in [-0.05, 0) is 31.2 Å². The fourth-order valence-electron chi connectivity index (χ4n) is 2.09. The molecule has 2 aromatic carbocycles. The van der Waals surface area contributed by atoms with Gasteiger partial charge in [0.1, 0.15) is 17.1 Å². The van der Waals surface area contributed by atoms with Gasteiger partial charge in [-0.2, -0.15) is 0 Å². The Labute approximate surface area is 148 Å². The molecule has 0 saturated heterocycles. The SMILES string of the molecule is COc1ccc(C(=O)OC(C)C(=O)c2ccc(Br)cc2)c(OC)c1. The molecule has 2 aromatic rings. The van der Waals surface area contributed by atoms with Crippen LogP contribution in [0.15, 0.2) is 46.9 Å². The maximum Gasteiger partial charge on any atom is 0.342 e. The van der Waals surface area contributed by atoms with Gasteiger partial charge in [0.2, 0.25) is 5.78 Å². The number of methoxy groups -OCH3 is 2. The summed E-state index contributed by atoms with van der Waals surface area (Å²) >= 11 is 3.31. The second-order valence-electron chi connectivity index (χ2n) is 4.98. The fraction of sp³-hybridized carbons (Fsp3) is 0.222. The van der Waals surface area contributed by atoms with Crippen LogP contribution in [0.2, 0.25) is 0 Å². The highest BCUT2D eigenvalue weighted by Gasteiger charge is 2.22. The zero-order valence-electron chi connectivity index (χ0n) is 13.5. The van der Waals surface area contributed by atoms with E-state index in [1.165, 1.54) is 27.2 Å². The van der Waals surface area contributed by atoms with Crippen LogP contribution in [-0.2, 0) is 4.74 Å². The van der Waals surface area contributed by atoms with Crippen LogP contribution in [0.1, 0.15) is 27.6 Å². The second kappa shape index (κ2) is 7.97. The summed E-state index contributed by atoms with van der Waals surface area (Å²) in [5, 5.41) is 0. The molecule has 0 radical (unpaired) electrons. The number of Topliss-reactive ketones (excluding diaryl/α,β-unsaturated/α-hetero) is 1. The molecule has 1 atom stereocenters. The number of hydrogen-bond donors (Lipinski definition) is 0. The zero-order valence-corrected chi connectivity index (χ0v) is 15.1. The van der Waals surface area contributed by atoms with Crippen LogP contribution in [0.25, 0.3) is 0 Å². The first-order chi connectivity index (χ1) is 11.5. The molecule has 0 bridgehead atoms. The minimum atomic E-state index is -0.912. The van der Waals surface area contributed by atoms with Gasteiger partial charge in [0.25, 0.3) is 0 Å². The van der Waals surface area contributed by atoms with Crippen molar-refractivity contribution in [3.05, 3.63) is 58.1 Å². The Morgan fingerprint density at radius 1 is 1.00 bits per heavy atom. The van der Waals surface area contributed by atoms with E-state index in [4.69, 9.17) is 14.2 Å². The second-order valence-corrected chi connectivity index (χ2v) is 5.90. The number of carbonyl (C=O) groups excluding carboxylic acids is 2. The van der Waals surface area contributed by atoms with Gasteiger partial charge in [-0.15, -0.1) is 0 Å². The lowest BCUT2D eigenvalue weighted by molar-refractivity contribution is 0.0316. The molecule has 24 heavy (non-hydrogen) atoms. The highest BCUT2D eigenvalue weighted by molar-refractivity contribution is 9.10. The number of rotatable bonds is 6. The van der Waals surface area contributed by atoms with Crippen LogP contribution in [0, 0.1) is 0 Å². The van der Waals surface area contributed by atoms with Gasteiger partial charge in [0.15, 0.2) is 6.10 Å². The van der Waals surface area contributed by atoms with Crippen molar-refractivity contribution in [2.45, 2.75) is 13.0 Å². The third kappa shape index (κ3) is 4.14. The van der Waals surface area contributed by atoms with Gasteiger partial charge in [-0.1, -0.05) is 28.1 Å². The van der Waals surface area contributed by atoms with Crippen LogP contribution in [0.3, 0.4) is 0 Å². The molecule has 6 heteroatoms. The van der Waals surface area contributed by atoms with E-state index in [1.54, 1.807) is 36.4 Å². The molecular weight excluding hydrogens is 376 g/mol. The number of carbonyl (C=O) groups is 2. The van der Waals surface area contributed by atoms with E-state index in [2.05, 4.69) is 15.9 Å². The normalized spacial score (nSPS) is 11.5. The van der Waals surface area contributed by atoms with Gasteiger partial charge in [0, 0.05) is 16.1 Å². The number of ether oxygens (including phenoxy) is 3. The minimum Gasteiger partial charge on any atom is -0.497 e. The predicted octanol–water partition coefficient (Wildman–Crippen LogP) is 3.89. The molecule has 0 spiro atoms. The maximum atomic E-state index is 12.3. The highest BCUT2D eigenvalue weighted by Crippen LogP contribution is 2.25. The first-order valence-electron chi connectivity index (χ1n) is 7.19. The first kappa shape index (κ1) is 18.0. The highest BCUT2D eigenvalue weighted by atomic mass is 79.9. The molecule has 126 valence electrons. The van der Waals surface area contributed by atoms with Crippen molar-refractivity contribution in [3.63, 3.8) is 0 Å². The lowest BCUT2D eigenvalue weighted by Gasteiger charge is -2.14. The Hall–Kier alpha value is -2.34. The molecule has 0 aromatic heterocycles. The summed E-state index contributed by atoms with van der Waals surface area (Å²) in [7, 11) is 2.97. The molecule has 2 rings (SSSR count). The van der Waals surface area contributed by atoms with E-state index in [0.717, 1.165) is 4.47 Å². The van der Waals surface area contributed by atoms with E-state index in [9.17, 15) is 9.59 Å². The van der Waals surface area contributed by atoms with Crippen LogP contribution in [0.4, 0.5) is 0 Å². The van der Waals surface area contributed by atoms with Gasteiger partial charge < -0.3 is 14.2 Å². The maximum absolute atomic E-state index is 12.3. The molecular formula is C18H17BrO5. The minimum absolute atomic E-state index is 0.230. The zero-order chi connectivity index (χ0) is 17.7. The van der Waals surface area contributed by atoms with E-state index in [0.29, 0.717) is 17.1 Å². The van der Waals surface area contributed by atoms with E-state index >= 15 is 0 Å². The van der Waals surface area contributed by atoms with Crippen molar-refractivity contribution in [1.29, 1.82) is 0 Å². The average Bonchev–Trinajstić information content (AvgIpc) is 2.60. The smallest absolute Gasteiger partial charge is 0.342 e. The summed E-state index contributed by atoms with van der Waals surface area (Å²) in [6, 6.07) is 11.6. The molecule has 5 nitrogen and oxygen atoms in total. The fourth-order valence-corrected chi connectivity index (χ4v) is 2.36. The molecule has 0 aliphatic rings. The van der Waals surface area contributed by atoms with E-state index in [-0.39, 0.29) is 11.3 Å². The monoisotopic (exact) mass is 392 g/mol. The summed E-state index contributed by atoms with van der Waals surface area (Å²) in [6.45, 7) is 1.54. The van der Waals surface area contributed by atoms with Crippen molar-refractivity contribution < 1.29 is 23.8 Å². The van der Waals surface area contributed by atoms with Gasteiger partial charge in [-0.3, -0.25) is 4.79 Å². The first-order valence-corrected chi connectivity index (χ1v) is 7.98. The Morgan fingerprint density at radius 2 is 1.67 bits per heavy atom. The molecule has 0 amide bonds. The van der Waals surface area contributed by atoms with E-state index in [1.807, 2.05) is 0 Å². The van der Waals surface area contributed by atoms with Crippen molar-refractivity contribution in [2.24, 2.45) is 0 Å². The van der Waals surface area contributed by atoms with E-state index < -0.39 is 12.1 Å². The lowest BCUT2D eigenvalue weighted by Crippen LogP contribution is -2.24. The largest absolute Gasteiger partial charge is 0.497 e. The molecule has 0 fully saturated rings. The van der Waals surface area contributed by atoms with Gasteiger partial charge in [0.05, 0.1) is 14.2 Å². The molecule has 0 saturated carbocycles. The summed E-state index contributed by atoms with van der Waals surface area (Å²) in [6.07, 6.45) is -0.912. The van der Waals surface area contributed by atoms with Gasteiger partial charge >= 0.3 is 5.97 Å². The average molecular weight is 393 g/mol. The van der Waals surface area contributed by atoms with Crippen molar-refractivity contribution in [1.82, 2.24) is 0 Å². The Balaban J connectivity index is 2.14. The third-order valence-electron chi connectivity index (χ3n) is 3.41. The summed E-state index contributed by atoms with van der Waals surface area (Å²) in [5.41, 5.74) is 0.703. The quantitative estimate of drug-likeness (QED) is 0.551. The Morgan fingerprint density at radius 3 is 2.25 bits per heavy atom. The molecule has 0 aliphatic carbocycles. The predicted molar refractivity (Wildman–Crippen MR) is 92.9 cm³/mol. The van der Waals surface area contributed by atoms with Crippen molar-refractivity contribution in [2.75, 3.05) is 14.2 Å². The third-order valence-corrected chi connectivity index (χ3v) is 3.94. The van der Waals surface area contributed by atoms with Gasteiger partial charge in [-0.25, -0.2) is 4.79 Å². The molecule has 0 aliphatic heterocycles. The standard InChI is InChI=1S/C18H17BrO5/c1-11(17(20)12-4-6-13(19)7-5-12)24-18(21)15-9-8-14(22-2)10-16(15)23-3/h4-11H,1-3H3. The number of halogens is 1. The van der Waals surface area contributed by atoms with Crippen molar-refractivity contribution in [3.8, 4) is 11.5 Å². The number of ketones is 1. The van der Waals surface area contributed by atoms with Crippen molar-refractivity contribution >= 4 is 27.7 Å². The molecule has 1 unspecified atom stereocenters. The number of hydrogen-bond acceptors (Lipinski definition) is 5. The summed E-state index contributed by atoms with van der Waals surface area (Å²) in [4.78, 5) is 24.7. The Bertz CT molecular complexity index is 740. The number of esters is 1. The number of benzene rings is 2. The molecule has 0 heterocycles. The van der Waals surface area contributed by atoms with Crippen LogP contribution in [0.5, 0.6) is 11.5 Å². The summed E-state index contributed by atoms with van der Waals surface area (Å²) in [5.74, 6) is -0.0270. The molecule has 0 N–H and O–H groups in total. The van der Waals surface area contributed by atoms with Crippen LogP contribution < -0.4 is 9.47 Å². The lowest BCUT2D eigenvalue weighted by atomic mass is 10.1.